The van der Waals surface area contributed by atoms with Crippen LogP contribution >= 0.6 is 15.9 Å². The fourth-order valence-electron chi connectivity index (χ4n) is 3.10. The van der Waals surface area contributed by atoms with Gasteiger partial charge >= 0.3 is 17.9 Å². The standard InChI is InChI=1S/C16H18BrN5O8/c1-5(23)27-4-8-10(28-6(2)24)11(29-7(3)25)14(30-8)22-12-9(19-15(22)17)13(26)21-16(18)20-12/h8,10-11,14H,4H2,1-3H3,(H3,18,20,21,26)/t8?,10?,11?,14-/m1/s1. The Morgan fingerprint density at radius 2 is 1.77 bits per heavy atom. The molecule has 0 spiro atoms. The summed E-state index contributed by atoms with van der Waals surface area (Å²) in [5, 5.41) is 0. The molecule has 13 nitrogen and oxygen atoms in total. The normalized spacial score (nSPS) is 23.3. The van der Waals surface area contributed by atoms with Crippen LogP contribution in [-0.2, 0) is 33.3 Å². The van der Waals surface area contributed by atoms with Crippen LogP contribution < -0.4 is 11.3 Å². The molecule has 2 aromatic heterocycles. The number of hydrogen-bond acceptors (Lipinski definition) is 11. The average Bonchev–Trinajstić information content (AvgIpc) is 3.10. The highest BCUT2D eigenvalue weighted by Crippen LogP contribution is 2.37. The van der Waals surface area contributed by atoms with Crippen molar-refractivity contribution in [3.63, 3.8) is 0 Å². The van der Waals surface area contributed by atoms with Crippen LogP contribution in [0.2, 0.25) is 0 Å². The largest absolute Gasteiger partial charge is 0.463 e. The molecule has 0 aliphatic carbocycles. The number of nitrogens with zero attached hydrogens (tertiary/aromatic N) is 3. The second-order valence-corrected chi connectivity index (χ2v) is 7.10. The molecule has 0 aromatic carbocycles. The molecule has 3 heterocycles. The smallest absolute Gasteiger partial charge is 0.303 e. The monoisotopic (exact) mass is 487 g/mol. The van der Waals surface area contributed by atoms with Gasteiger partial charge in [-0.1, -0.05) is 0 Å². The molecule has 1 fully saturated rings. The number of nitrogens with one attached hydrogen (secondary N) is 1. The minimum absolute atomic E-state index is 0.0417. The maximum absolute atomic E-state index is 12.2. The van der Waals surface area contributed by atoms with Gasteiger partial charge in [0.2, 0.25) is 5.95 Å². The van der Waals surface area contributed by atoms with Gasteiger partial charge in [-0.3, -0.25) is 28.7 Å². The zero-order valence-electron chi connectivity index (χ0n) is 16.1. The van der Waals surface area contributed by atoms with Gasteiger partial charge in [-0.25, -0.2) is 4.98 Å². The van der Waals surface area contributed by atoms with E-state index in [2.05, 4.69) is 30.9 Å². The molecule has 1 saturated heterocycles. The highest BCUT2D eigenvalue weighted by atomic mass is 79.9. The Bertz CT molecular complexity index is 1070. The zero-order chi connectivity index (χ0) is 22.2. The number of aromatic nitrogens is 4. The van der Waals surface area contributed by atoms with Gasteiger partial charge in [-0.05, 0) is 15.9 Å². The molecule has 0 bridgehead atoms. The van der Waals surface area contributed by atoms with Crippen molar-refractivity contribution in [2.24, 2.45) is 0 Å². The number of nitrogens with two attached hydrogens (primary N) is 1. The van der Waals surface area contributed by atoms with E-state index < -0.39 is 48.0 Å². The first-order chi connectivity index (χ1) is 14.1. The van der Waals surface area contributed by atoms with Crippen molar-refractivity contribution >= 4 is 51.0 Å². The third kappa shape index (κ3) is 4.28. The van der Waals surface area contributed by atoms with E-state index in [4.69, 9.17) is 24.7 Å². The fourth-order valence-corrected chi connectivity index (χ4v) is 3.65. The summed E-state index contributed by atoms with van der Waals surface area (Å²) in [6.07, 6.45) is -4.38. The van der Waals surface area contributed by atoms with Crippen LogP contribution in [0.15, 0.2) is 9.53 Å². The molecule has 14 heteroatoms. The van der Waals surface area contributed by atoms with E-state index >= 15 is 0 Å². The number of aromatic amines is 1. The van der Waals surface area contributed by atoms with E-state index in [-0.39, 0.29) is 28.5 Å². The number of ether oxygens (including phenoxy) is 4. The lowest BCUT2D eigenvalue weighted by Gasteiger charge is -2.24. The Kier molecular flexibility index (Phi) is 6.07. The number of imidazole rings is 1. The molecule has 30 heavy (non-hydrogen) atoms. The van der Waals surface area contributed by atoms with E-state index in [0.717, 1.165) is 0 Å². The molecule has 3 unspecified atom stereocenters. The molecule has 2 aromatic rings. The molecule has 0 radical (unpaired) electrons. The van der Waals surface area contributed by atoms with Crippen LogP contribution in [0.25, 0.3) is 11.2 Å². The Balaban J connectivity index is 2.11. The molecule has 0 amide bonds. The van der Waals surface area contributed by atoms with Gasteiger partial charge in [0.25, 0.3) is 5.56 Å². The van der Waals surface area contributed by atoms with Crippen LogP contribution in [0.3, 0.4) is 0 Å². The number of fused-ring (bicyclic) bond motifs is 1. The van der Waals surface area contributed by atoms with Crippen molar-refractivity contribution in [3.05, 3.63) is 15.1 Å². The van der Waals surface area contributed by atoms with Crippen molar-refractivity contribution in [1.29, 1.82) is 0 Å². The van der Waals surface area contributed by atoms with Crippen LogP contribution in [0.1, 0.15) is 27.0 Å². The summed E-state index contributed by atoms with van der Waals surface area (Å²) in [5.41, 5.74) is 5.05. The van der Waals surface area contributed by atoms with Gasteiger partial charge in [-0.15, -0.1) is 0 Å². The fraction of sp³-hybridized carbons (Fsp3) is 0.500. The van der Waals surface area contributed by atoms with E-state index in [9.17, 15) is 19.2 Å². The predicted octanol–water partition coefficient (Wildman–Crippen LogP) is -0.212. The molecule has 162 valence electrons. The molecule has 3 rings (SSSR count). The highest BCUT2D eigenvalue weighted by Gasteiger charge is 2.51. The Labute approximate surface area is 177 Å². The Morgan fingerprint density at radius 3 is 2.37 bits per heavy atom. The van der Waals surface area contributed by atoms with Crippen molar-refractivity contribution in [3.8, 4) is 0 Å². The summed E-state index contributed by atoms with van der Waals surface area (Å²) in [5.74, 6) is -2.09. The minimum atomic E-state index is -1.16. The topological polar surface area (TPSA) is 178 Å². The SMILES string of the molecule is CC(=O)OCC1O[C@@H](n2c(Br)nc3c(=O)[nH]c(N)nc32)C(OC(C)=O)C1OC(C)=O. The van der Waals surface area contributed by atoms with Crippen LogP contribution in [0.5, 0.6) is 0 Å². The first-order valence-electron chi connectivity index (χ1n) is 8.65. The molecule has 3 N–H and O–H groups in total. The van der Waals surface area contributed by atoms with Gasteiger partial charge in [0.15, 0.2) is 34.3 Å². The molecule has 1 aliphatic heterocycles. The maximum atomic E-state index is 12.2. The predicted molar refractivity (Wildman–Crippen MR) is 102 cm³/mol. The van der Waals surface area contributed by atoms with Gasteiger partial charge in [-0.2, -0.15) is 4.98 Å². The summed E-state index contributed by atoms with van der Waals surface area (Å²) < 4.78 is 23.0. The van der Waals surface area contributed by atoms with Crippen molar-refractivity contribution < 1.29 is 33.3 Å². The van der Waals surface area contributed by atoms with Crippen LogP contribution in [0.4, 0.5) is 5.95 Å². The summed E-state index contributed by atoms with van der Waals surface area (Å²) in [6.45, 7) is 3.27. The number of carbonyl (C=O) groups excluding carboxylic acids is 3. The molecule has 1 aliphatic rings. The number of H-pyrrole nitrogens is 1. The van der Waals surface area contributed by atoms with E-state index in [1.165, 1.54) is 25.3 Å². The molecule has 0 saturated carbocycles. The molecular formula is C16H18BrN5O8. The Hall–Kier alpha value is -3.00. The van der Waals surface area contributed by atoms with E-state index in [0.29, 0.717) is 0 Å². The van der Waals surface area contributed by atoms with E-state index in [1.54, 1.807) is 0 Å². The average molecular weight is 488 g/mol. The number of rotatable bonds is 5. The number of nitrogen functional groups attached to an aromatic ring is 1. The van der Waals surface area contributed by atoms with Gasteiger partial charge in [0.05, 0.1) is 0 Å². The van der Waals surface area contributed by atoms with Crippen molar-refractivity contribution in [1.82, 2.24) is 19.5 Å². The second-order valence-electron chi connectivity index (χ2n) is 6.39. The highest BCUT2D eigenvalue weighted by molar-refractivity contribution is 9.10. The summed E-state index contributed by atoms with van der Waals surface area (Å²) in [4.78, 5) is 57.3. The van der Waals surface area contributed by atoms with Crippen LogP contribution in [-0.4, -0.2) is 62.3 Å². The lowest BCUT2D eigenvalue weighted by Crippen LogP contribution is -2.40. The first kappa shape index (κ1) is 21.7. The second kappa shape index (κ2) is 8.39. The first-order valence-corrected chi connectivity index (χ1v) is 9.44. The lowest BCUT2D eigenvalue weighted by molar-refractivity contribution is -0.166. The quantitative estimate of drug-likeness (QED) is 0.323. The summed E-state index contributed by atoms with van der Waals surface area (Å²) in [6, 6.07) is 0. The van der Waals surface area contributed by atoms with Crippen molar-refractivity contribution in [2.75, 3.05) is 12.3 Å². The molecule has 4 atom stereocenters. The zero-order valence-corrected chi connectivity index (χ0v) is 17.7. The van der Waals surface area contributed by atoms with Gasteiger partial charge < -0.3 is 24.7 Å². The van der Waals surface area contributed by atoms with Gasteiger partial charge in [0, 0.05) is 20.8 Å². The number of anilines is 1. The third-order valence-electron chi connectivity index (χ3n) is 4.12. The number of esters is 3. The minimum Gasteiger partial charge on any atom is -0.463 e. The third-order valence-corrected chi connectivity index (χ3v) is 4.68. The Morgan fingerprint density at radius 1 is 1.13 bits per heavy atom. The molecular weight excluding hydrogens is 470 g/mol. The van der Waals surface area contributed by atoms with Gasteiger partial charge in [0.1, 0.15) is 12.7 Å². The van der Waals surface area contributed by atoms with Crippen LogP contribution in [0, 0.1) is 0 Å². The number of halogens is 1. The number of carbonyl (C=O) groups is 3. The maximum Gasteiger partial charge on any atom is 0.303 e. The summed E-state index contributed by atoms with van der Waals surface area (Å²) in [7, 11) is 0. The van der Waals surface area contributed by atoms with Crippen molar-refractivity contribution in [2.45, 2.75) is 45.3 Å². The van der Waals surface area contributed by atoms with E-state index in [1.807, 2.05) is 0 Å². The lowest BCUT2D eigenvalue weighted by atomic mass is 10.1. The number of hydrogen-bond donors (Lipinski definition) is 2. The summed E-state index contributed by atoms with van der Waals surface area (Å²) >= 11 is 3.23.